The fourth-order valence-corrected chi connectivity index (χ4v) is 3.42. The number of hydrogen-bond acceptors (Lipinski definition) is 5. The minimum atomic E-state index is -4.78. The summed E-state index contributed by atoms with van der Waals surface area (Å²) in [6.45, 7) is 5.31. The van der Waals surface area contributed by atoms with Crippen LogP contribution in [0.3, 0.4) is 0 Å². The summed E-state index contributed by atoms with van der Waals surface area (Å²) < 4.78 is 40.5. The Kier molecular flexibility index (Phi) is 6.65. The number of thiazole rings is 1. The van der Waals surface area contributed by atoms with Crippen molar-refractivity contribution in [2.75, 3.05) is 0 Å². The summed E-state index contributed by atoms with van der Waals surface area (Å²) in [6, 6.07) is 4.10. The van der Waals surface area contributed by atoms with Crippen LogP contribution in [0.15, 0.2) is 24.3 Å². The number of amides is 1. The van der Waals surface area contributed by atoms with Gasteiger partial charge in [0.1, 0.15) is 21.7 Å². The van der Waals surface area contributed by atoms with Gasteiger partial charge in [-0.1, -0.05) is 13.8 Å². The van der Waals surface area contributed by atoms with Crippen molar-refractivity contribution in [3.63, 3.8) is 0 Å². The third-order valence-corrected chi connectivity index (χ3v) is 4.85. The highest BCUT2D eigenvalue weighted by atomic mass is 32.1. The summed E-state index contributed by atoms with van der Waals surface area (Å²) in [4.78, 5) is 28.3. The molecule has 2 rings (SSSR count). The molecule has 2 N–H and O–H groups in total. The molecule has 0 aliphatic carbocycles. The van der Waals surface area contributed by atoms with Gasteiger partial charge in [0.25, 0.3) is 5.91 Å². The highest BCUT2D eigenvalue weighted by molar-refractivity contribution is 7.17. The maximum Gasteiger partial charge on any atom is 0.573 e. The largest absolute Gasteiger partial charge is 0.573 e. The van der Waals surface area contributed by atoms with E-state index in [2.05, 4.69) is 15.0 Å². The topological polar surface area (TPSA) is 88.5 Å². The van der Waals surface area contributed by atoms with Crippen LogP contribution >= 0.6 is 11.3 Å². The highest BCUT2D eigenvalue weighted by Gasteiger charge is 2.31. The van der Waals surface area contributed by atoms with E-state index < -0.39 is 24.3 Å². The zero-order valence-corrected chi connectivity index (χ0v) is 16.1. The molecule has 0 fully saturated rings. The number of aliphatic carboxylic acids is 1. The van der Waals surface area contributed by atoms with Crippen LogP contribution in [0.4, 0.5) is 13.2 Å². The Morgan fingerprint density at radius 2 is 1.86 bits per heavy atom. The molecule has 1 heterocycles. The average molecular weight is 416 g/mol. The van der Waals surface area contributed by atoms with Crippen LogP contribution in [0.25, 0.3) is 10.6 Å². The number of carbonyl (C=O) groups excluding carboxylic acids is 1. The first-order valence-corrected chi connectivity index (χ1v) is 9.15. The van der Waals surface area contributed by atoms with Crippen LogP contribution in [0.5, 0.6) is 5.75 Å². The molecule has 152 valence electrons. The Labute approximate surface area is 163 Å². The van der Waals surface area contributed by atoms with E-state index in [-0.39, 0.29) is 23.0 Å². The first-order valence-electron chi connectivity index (χ1n) is 8.33. The molecule has 0 spiro atoms. The van der Waals surface area contributed by atoms with Crippen LogP contribution in [-0.4, -0.2) is 34.4 Å². The maximum absolute atomic E-state index is 12.5. The number of nitrogens with one attached hydrogen (secondary N) is 1. The lowest BCUT2D eigenvalue weighted by Gasteiger charge is -2.15. The molecule has 1 atom stereocenters. The van der Waals surface area contributed by atoms with E-state index in [0.717, 1.165) is 23.5 Å². The molecule has 0 bridgehead atoms. The molecule has 0 radical (unpaired) electrons. The van der Waals surface area contributed by atoms with Crippen molar-refractivity contribution in [1.82, 2.24) is 10.3 Å². The number of alkyl halides is 3. The van der Waals surface area contributed by atoms with Crippen molar-refractivity contribution < 1.29 is 32.6 Å². The molecule has 10 heteroatoms. The quantitative estimate of drug-likeness (QED) is 0.705. The molecule has 1 unspecified atom stereocenters. The Bertz CT molecular complexity index is 848. The Balaban J connectivity index is 2.18. The van der Waals surface area contributed by atoms with Gasteiger partial charge in [-0.15, -0.1) is 24.5 Å². The number of benzene rings is 1. The molecule has 2 aromatic rings. The smallest absolute Gasteiger partial charge is 0.480 e. The van der Waals surface area contributed by atoms with Gasteiger partial charge in [0.05, 0.1) is 5.69 Å². The Hall–Kier alpha value is -2.62. The number of carboxylic acids is 1. The Morgan fingerprint density at radius 1 is 1.25 bits per heavy atom. The third-order valence-electron chi connectivity index (χ3n) is 3.65. The van der Waals surface area contributed by atoms with Crippen LogP contribution in [0.1, 0.15) is 35.6 Å². The van der Waals surface area contributed by atoms with Gasteiger partial charge in [-0.05, 0) is 43.5 Å². The fraction of sp³-hybridized carbons (Fsp3) is 0.389. The van der Waals surface area contributed by atoms with Crippen molar-refractivity contribution in [2.45, 2.75) is 39.6 Å². The first kappa shape index (κ1) is 21.7. The van der Waals surface area contributed by atoms with Gasteiger partial charge in [0.15, 0.2) is 0 Å². The number of carboxylic acid groups (broad SMARTS) is 1. The molecule has 1 aromatic heterocycles. The minimum absolute atomic E-state index is 0.0805. The summed E-state index contributed by atoms with van der Waals surface area (Å²) in [5, 5.41) is 12.2. The van der Waals surface area contributed by atoms with E-state index >= 15 is 0 Å². The van der Waals surface area contributed by atoms with Crippen LogP contribution < -0.4 is 10.1 Å². The summed E-state index contributed by atoms with van der Waals surface area (Å²) in [7, 11) is 0. The zero-order valence-electron chi connectivity index (χ0n) is 15.3. The van der Waals surface area contributed by atoms with Gasteiger partial charge in [-0.2, -0.15) is 0 Å². The molecule has 1 aromatic carbocycles. The van der Waals surface area contributed by atoms with Gasteiger partial charge in [0.2, 0.25) is 0 Å². The fourth-order valence-electron chi connectivity index (χ4n) is 2.45. The molecular formula is C18H19F3N2O4S. The molecule has 6 nitrogen and oxygen atoms in total. The van der Waals surface area contributed by atoms with E-state index in [1.165, 1.54) is 12.1 Å². The SMILES string of the molecule is Cc1nc(-c2ccc(OC(F)(F)F)cc2)sc1C(=O)NC(CC(C)C)C(=O)O. The molecule has 28 heavy (non-hydrogen) atoms. The molecule has 1 amide bonds. The standard InChI is InChI=1S/C18H19F3N2O4S/c1-9(2)8-13(17(25)26)23-15(24)14-10(3)22-16(28-14)11-4-6-12(7-5-11)27-18(19,20)21/h4-7,9,13H,8H2,1-3H3,(H,23,24)(H,25,26). The van der Waals surface area contributed by atoms with Gasteiger partial charge >= 0.3 is 12.3 Å². The van der Waals surface area contributed by atoms with Gasteiger partial charge < -0.3 is 15.2 Å². The number of rotatable bonds is 7. The van der Waals surface area contributed by atoms with E-state index in [0.29, 0.717) is 16.3 Å². The van der Waals surface area contributed by atoms with E-state index in [4.69, 9.17) is 0 Å². The number of carbonyl (C=O) groups is 2. The number of ether oxygens (including phenoxy) is 1. The lowest BCUT2D eigenvalue weighted by molar-refractivity contribution is -0.274. The highest BCUT2D eigenvalue weighted by Crippen LogP contribution is 2.30. The molecule has 0 aliphatic heterocycles. The number of aromatic nitrogens is 1. The molecule has 0 saturated heterocycles. The second-order valence-electron chi connectivity index (χ2n) is 6.50. The zero-order chi connectivity index (χ0) is 21.1. The van der Waals surface area contributed by atoms with Gasteiger partial charge in [-0.25, -0.2) is 9.78 Å². The first-order chi connectivity index (χ1) is 13.0. The van der Waals surface area contributed by atoms with E-state index in [9.17, 15) is 27.9 Å². The number of nitrogens with zero attached hydrogens (tertiary/aromatic N) is 1. The van der Waals surface area contributed by atoms with Gasteiger partial charge in [0, 0.05) is 5.56 Å². The average Bonchev–Trinajstić information content (AvgIpc) is 2.95. The summed E-state index contributed by atoms with van der Waals surface area (Å²) in [5.74, 6) is -1.95. The Morgan fingerprint density at radius 3 is 2.36 bits per heavy atom. The van der Waals surface area contributed by atoms with Crippen molar-refractivity contribution in [3.05, 3.63) is 34.8 Å². The lowest BCUT2D eigenvalue weighted by Crippen LogP contribution is -2.41. The number of halogens is 3. The third kappa shape index (κ3) is 5.95. The molecular weight excluding hydrogens is 397 g/mol. The van der Waals surface area contributed by atoms with Crippen molar-refractivity contribution in [1.29, 1.82) is 0 Å². The normalized spacial score (nSPS) is 12.7. The van der Waals surface area contributed by atoms with Crippen LogP contribution in [0, 0.1) is 12.8 Å². The van der Waals surface area contributed by atoms with E-state index in [1.54, 1.807) is 6.92 Å². The second-order valence-corrected chi connectivity index (χ2v) is 7.50. The number of aryl methyl sites for hydroxylation is 1. The van der Waals surface area contributed by atoms with Crippen LogP contribution in [-0.2, 0) is 4.79 Å². The van der Waals surface area contributed by atoms with Crippen molar-refractivity contribution in [2.24, 2.45) is 5.92 Å². The second kappa shape index (κ2) is 8.59. The van der Waals surface area contributed by atoms with Crippen molar-refractivity contribution >= 4 is 23.2 Å². The lowest BCUT2D eigenvalue weighted by atomic mass is 10.0. The van der Waals surface area contributed by atoms with Crippen molar-refractivity contribution in [3.8, 4) is 16.3 Å². The summed E-state index contributed by atoms with van der Waals surface area (Å²) in [6.07, 6.45) is -4.49. The maximum atomic E-state index is 12.5. The van der Waals surface area contributed by atoms with Crippen LogP contribution in [0.2, 0.25) is 0 Å². The molecule has 0 saturated carbocycles. The monoisotopic (exact) mass is 416 g/mol. The summed E-state index contributed by atoms with van der Waals surface area (Å²) in [5.41, 5.74) is 0.917. The van der Waals surface area contributed by atoms with E-state index in [1.807, 2.05) is 13.8 Å². The number of hydrogen-bond donors (Lipinski definition) is 2. The minimum Gasteiger partial charge on any atom is -0.480 e. The van der Waals surface area contributed by atoms with Gasteiger partial charge in [-0.3, -0.25) is 4.79 Å². The predicted octanol–water partition coefficient (Wildman–Crippen LogP) is 4.25. The molecule has 0 aliphatic rings. The summed E-state index contributed by atoms with van der Waals surface area (Å²) >= 11 is 1.03. The predicted molar refractivity (Wildman–Crippen MR) is 97.3 cm³/mol.